The lowest BCUT2D eigenvalue weighted by Crippen LogP contribution is -3.06. The second-order valence-corrected chi connectivity index (χ2v) is 7.02. The molecular formula is C18H29NO4. The zero-order valence-corrected chi connectivity index (χ0v) is 15.0. The maximum atomic E-state index is 12.5. The van der Waals surface area contributed by atoms with Gasteiger partial charge in [-0.15, -0.1) is 0 Å². The van der Waals surface area contributed by atoms with Gasteiger partial charge in [-0.1, -0.05) is 30.2 Å². The molecule has 0 aliphatic heterocycles. The molecule has 0 heterocycles. The second kappa shape index (κ2) is 8.29. The molecule has 0 fully saturated rings. The number of hydrogen-bond donors (Lipinski definition) is 1. The highest BCUT2D eigenvalue weighted by Crippen LogP contribution is 2.39. The van der Waals surface area contributed by atoms with Gasteiger partial charge < -0.3 is 19.5 Å². The summed E-state index contributed by atoms with van der Waals surface area (Å²) in [6.45, 7) is 8.63. The van der Waals surface area contributed by atoms with Crippen LogP contribution in [-0.2, 0) is 14.3 Å². The number of hydrogen-bond acceptors (Lipinski definition) is 4. The van der Waals surface area contributed by atoms with E-state index in [4.69, 9.17) is 4.74 Å². The molecule has 0 aromatic carbocycles. The number of aliphatic carboxylic acids is 1. The van der Waals surface area contributed by atoms with Crippen molar-refractivity contribution in [3.05, 3.63) is 23.3 Å². The molecule has 1 aliphatic rings. The highest BCUT2D eigenvalue weighted by Gasteiger charge is 2.42. The molecule has 23 heavy (non-hydrogen) atoms. The van der Waals surface area contributed by atoms with Gasteiger partial charge in [0, 0.05) is 17.8 Å². The molecular weight excluding hydrogens is 294 g/mol. The van der Waals surface area contributed by atoms with E-state index in [9.17, 15) is 14.7 Å². The summed E-state index contributed by atoms with van der Waals surface area (Å²) in [6, 6.07) is 0. The first-order chi connectivity index (χ1) is 10.6. The van der Waals surface area contributed by atoms with Crippen molar-refractivity contribution in [3.63, 3.8) is 0 Å². The number of likely N-dealkylation sites (N-methyl/N-ethyl adjacent to an activating group) is 1. The Balaban J connectivity index is 3.05. The van der Waals surface area contributed by atoms with Crippen molar-refractivity contribution in [3.8, 4) is 0 Å². The van der Waals surface area contributed by atoms with Crippen LogP contribution in [0.1, 0.15) is 27.7 Å². The molecule has 1 N–H and O–H groups in total. The summed E-state index contributed by atoms with van der Waals surface area (Å²) in [5.74, 6) is -3.72. The van der Waals surface area contributed by atoms with E-state index in [-0.39, 0.29) is 11.8 Å². The molecule has 1 aliphatic carbocycles. The Morgan fingerprint density at radius 3 is 2.39 bits per heavy atom. The Morgan fingerprint density at radius 1 is 1.30 bits per heavy atom. The van der Waals surface area contributed by atoms with E-state index < -0.39 is 23.8 Å². The van der Waals surface area contributed by atoms with Gasteiger partial charge in [0.1, 0.15) is 13.2 Å². The molecule has 1 rings (SSSR count). The van der Waals surface area contributed by atoms with Crippen LogP contribution in [0.2, 0.25) is 0 Å². The summed E-state index contributed by atoms with van der Waals surface area (Å²) in [7, 11) is 3.94. The maximum Gasteiger partial charge on any atom is 0.310 e. The van der Waals surface area contributed by atoms with Gasteiger partial charge in [0.05, 0.1) is 20.0 Å². The Morgan fingerprint density at radius 2 is 1.91 bits per heavy atom. The third-order valence-corrected chi connectivity index (χ3v) is 4.43. The van der Waals surface area contributed by atoms with Gasteiger partial charge in [-0.05, 0) is 26.7 Å². The first kappa shape index (κ1) is 19.4. The monoisotopic (exact) mass is 323 g/mol. The normalized spacial score (nSPS) is 27.3. The molecule has 0 aromatic rings. The fourth-order valence-corrected chi connectivity index (χ4v) is 3.04. The van der Waals surface area contributed by atoms with Gasteiger partial charge in [-0.3, -0.25) is 4.79 Å². The maximum absolute atomic E-state index is 12.5. The lowest BCUT2D eigenvalue weighted by atomic mass is 9.67. The van der Waals surface area contributed by atoms with Crippen molar-refractivity contribution >= 4 is 11.9 Å². The van der Waals surface area contributed by atoms with Crippen molar-refractivity contribution in [2.45, 2.75) is 27.7 Å². The Bertz CT molecular complexity index is 503. The van der Waals surface area contributed by atoms with Crippen LogP contribution in [0, 0.1) is 23.7 Å². The lowest BCUT2D eigenvalue weighted by molar-refractivity contribution is -0.858. The molecule has 0 bridgehead atoms. The first-order valence-electron chi connectivity index (χ1n) is 8.15. The van der Waals surface area contributed by atoms with Crippen LogP contribution in [0.3, 0.4) is 0 Å². The van der Waals surface area contributed by atoms with Crippen LogP contribution in [-0.4, -0.2) is 39.2 Å². The summed E-state index contributed by atoms with van der Waals surface area (Å²) >= 11 is 0. The lowest BCUT2D eigenvalue weighted by Gasteiger charge is -2.39. The quantitative estimate of drug-likeness (QED) is 0.544. The fraction of sp³-hybridized carbons (Fsp3) is 0.667. The number of quaternary nitrogens is 1. The number of carboxylic acids is 1. The van der Waals surface area contributed by atoms with Crippen LogP contribution < -0.4 is 10.0 Å². The standard InChI is InChI=1S/C18H29NO4/c1-11(2)9-14-10-12(3)13(4)15(16(14)17(20)21)18(22)23-8-7-19(5)6/h9-10,13-16H,7-8H2,1-6H3,(H,20,21)/t13-,14-,15-,16-/m1/s1. The Kier molecular flexibility index (Phi) is 7.01. The average Bonchev–Trinajstić information content (AvgIpc) is 2.40. The van der Waals surface area contributed by atoms with Crippen molar-refractivity contribution in [1.82, 2.24) is 0 Å². The molecule has 0 unspecified atom stereocenters. The number of nitrogens with one attached hydrogen (secondary N) is 1. The number of carboxylic acid groups (broad SMARTS) is 1. The van der Waals surface area contributed by atoms with Gasteiger partial charge in [0.15, 0.2) is 0 Å². The molecule has 0 amide bonds. The fourth-order valence-electron chi connectivity index (χ4n) is 3.04. The van der Waals surface area contributed by atoms with E-state index in [1.165, 1.54) is 4.90 Å². The largest absolute Gasteiger partial charge is 0.550 e. The number of allylic oxidation sites excluding steroid dienone is 4. The van der Waals surface area contributed by atoms with Crippen molar-refractivity contribution in [2.24, 2.45) is 23.7 Å². The van der Waals surface area contributed by atoms with Crippen molar-refractivity contribution in [1.29, 1.82) is 0 Å². The van der Waals surface area contributed by atoms with E-state index in [0.29, 0.717) is 13.2 Å². The van der Waals surface area contributed by atoms with Crippen LogP contribution in [0.15, 0.2) is 23.3 Å². The van der Waals surface area contributed by atoms with Crippen LogP contribution in [0.4, 0.5) is 0 Å². The van der Waals surface area contributed by atoms with Crippen LogP contribution >= 0.6 is 0 Å². The number of rotatable bonds is 6. The molecule has 0 spiro atoms. The zero-order valence-electron chi connectivity index (χ0n) is 15.0. The summed E-state index contributed by atoms with van der Waals surface area (Å²) in [4.78, 5) is 25.4. The SMILES string of the molecule is CC(C)=C[C@@H]1C=C(C)[C@@H](C)[C@@H](C(=O)OCC[NH+](C)C)[C@@H]1C(=O)[O-]. The third-order valence-electron chi connectivity index (χ3n) is 4.43. The summed E-state index contributed by atoms with van der Waals surface area (Å²) < 4.78 is 5.35. The first-order valence-corrected chi connectivity index (χ1v) is 8.15. The van der Waals surface area contributed by atoms with E-state index in [2.05, 4.69) is 0 Å². The minimum Gasteiger partial charge on any atom is -0.550 e. The predicted octanol–water partition coefficient (Wildman–Crippen LogP) is -0.165. The topological polar surface area (TPSA) is 70.9 Å². The molecule has 0 aromatic heterocycles. The number of esters is 1. The molecule has 0 saturated carbocycles. The summed E-state index contributed by atoms with van der Waals surface area (Å²) in [5.41, 5.74) is 2.04. The molecule has 5 nitrogen and oxygen atoms in total. The van der Waals surface area contributed by atoms with Gasteiger partial charge in [-0.25, -0.2) is 0 Å². The third kappa shape index (κ3) is 5.20. The molecule has 5 heteroatoms. The van der Waals surface area contributed by atoms with Gasteiger partial charge in [-0.2, -0.15) is 0 Å². The highest BCUT2D eigenvalue weighted by molar-refractivity contribution is 5.82. The summed E-state index contributed by atoms with van der Waals surface area (Å²) in [6.07, 6.45) is 3.83. The molecule has 130 valence electrons. The van der Waals surface area contributed by atoms with Crippen molar-refractivity contribution in [2.75, 3.05) is 27.2 Å². The molecule has 0 saturated heterocycles. The molecule has 0 radical (unpaired) electrons. The van der Waals surface area contributed by atoms with E-state index >= 15 is 0 Å². The van der Waals surface area contributed by atoms with Crippen molar-refractivity contribution < 1.29 is 24.3 Å². The Hall–Kier alpha value is -1.62. The zero-order chi connectivity index (χ0) is 17.7. The van der Waals surface area contributed by atoms with E-state index in [1.807, 2.05) is 53.9 Å². The molecule has 4 atom stereocenters. The second-order valence-electron chi connectivity index (χ2n) is 7.02. The average molecular weight is 323 g/mol. The Labute approximate surface area is 139 Å². The van der Waals surface area contributed by atoms with Gasteiger partial charge in [0.25, 0.3) is 0 Å². The van der Waals surface area contributed by atoms with Crippen LogP contribution in [0.25, 0.3) is 0 Å². The van der Waals surface area contributed by atoms with Gasteiger partial charge >= 0.3 is 5.97 Å². The number of carbonyl (C=O) groups excluding carboxylic acids is 2. The summed E-state index contributed by atoms with van der Waals surface area (Å²) in [5, 5.41) is 11.7. The van der Waals surface area contributed by atoms with E-state index in [1.54, 1.807) is 0 Å². The minimum absolute atomic E-state index is 0.168. The smallest absolute Gasteiger partial charge is 0.310 e. The predicted molar refractivity (Wildman–Crippen MR) is 86.5 cm³/mol. The van der Waals surface area contributed by atoms with Gasteiger partial charge in [0.2, 0.25) is 0 Å². The number of carbonyl (C=O) groups is 2. The number of ether oxygens (including phenoxy) is 1. The van der Waals surface area contributed by atoms with Crippen LogP contribution in [0.5, 0.6) is 0 Å². The minimum atomic E-state index is -1.19. The van der Waals surface area contributed by atoms with E-state index in [0.717, 1.165) is 11.1 Å². The highest BCUT2D eigenvalue weighted by atomic mass is 16.5.